The largest absolute Gasteiger partial charge is 0.476 e. The molecule has 0 bridgehead atoms. The molecule has 0 saturated heterocycles. The Labute approximate surface area is 150 Å². The summed E-state index contributed by atoms with van der Waals surface area (Å²) in [6, 6.07) is 13.5. The number of H-pyrrole nitrogens is 1. The number of aromatic carboxylic acids is 1. The monoisotopic (exact) mass is 369 g/mol. The Hall–Kier alpha value is -3.13. The fraction of sp³-hybridized carbons (Fsp3) is 0.111. The van der Waals surface area contributed by atoms with Gasteiger partial charge in [-0.2, -0.15) is 5.10 Å². The molecule has 4 rings (SSSR count). The van der Waals surface area contributed by atoms with Gasteiger partial charge in [-0.05, 0) is 25.1 Å². The molecule has 1 aliphatic heterocycles. The normalized spacial score (nSPS) is 13.2. The summed E-state index contributed by atoms with van der Waals surface area (Å²) >= 11 is 0. The van der Waals surface area contributed by atoms with Crippen molar-refractivity contribution in [3.05, 3.63) is 65.4 Å². The molecule has 1 aromatic heterocycles. The number of anilines is 1. The van der Waals surface area contributed by atoms with Crippen LogP contribution in [-0.4, -0.2) is 29.7 Å². The molecule has 8 heteroatoms. The van der Waals surface area contributed by atoms with Crippen molar-refractivity contribution < 1.29 is 18.3 Å². The summed E-state index contributed by atoms with van der Waals surface area (Å²) in [7, 11) is -3.86. The van der Waals surface area contributed by atoms with E-state index in [1.54, 1.807) is 48.5 Å². The molecule has 2 N–H and O–H groups in total. The minimum atomic E-state index is -3.86. The molecule has 26 heavy (non-hydrogen) atoms. The number of fused-ring (bicyclic) bond motifs is 3. The number of sulfonamides is 1. The number of nitrogens with zero attached hydrogens (tertiary/aromatic N) is 2. The van der Waals surface area contributed by atoms with Crippen molar-refractivity contribution >= 4 is 21.7 Å². The van der Waals surface area contributed by atoms with Gasteiger partial charge in [-0.3, -0.25) is 9.40 Å². The third-order valence-electron chi connectivity index (χ3n) is 4.42. The molecular weight excluding hydrogens is 354 g/mol. The maximum atomic E-state index is 13.2. The molecule has 1 aliphatic rings. The Bertz CT molecular complexity index is 1120. The van der Waals surface area contributed by atoms with E-state index in [2.05, 4.69) is 10.2 Å². The second kappa shape index (κ2) is 5.70. The molecule has 2 heterocycles. The van der Waals surface area contributed by atoms with Crippen LogP contribution in [-0.2, 0) is 16.6 Å². The van der Waals surface area contributed by atoms with Crippen molar-refractivity contribution in [3.8, 4) is 11.3 Å². The van der Waals surface area contributed by atoms with Crippen molar-refractivity contribution in [2.24, 2.45) is 0 Å². The maximum Gasteiger partial charge on any atom is 0.356 e. The second-order valence-electron chi connectivity index (χ2n) is 6.07. The predicted molar refractivity (Wildman–Crippen MR) is 95.5 cm³/mol. The lowest BCUT2D eigenvalue weighted by Crippen LogP contribution is -2.33. The van der Waals surface area contributed by atoms with Crippen molar-refractivity contribution in [2.45, 2.75) is 18.4 Å². The number of carboxylic acid groups (broad SMARTS) is 1. The smallest absolute Gasteiger partial charge is 0.356 e. The molecule has 0 amide bonds. The zero-order valence-electron chi connectivity index (χ0n) is 13.8. The van der Waals surface area contributed by atoms with Crippen LogP contribution in [0.3, 0.4) is 0 Å². The zero-order chi connectivity index (χ0) is 18.5. The number of aromatic nitrogens is 2. The van der Waals surface area contributed by atoms with Gasteiger partial charge in [-0.1, -0.05) is 35.9 Å². The first kappa shape index (κ1) is 16.3. The third-order valence-corrected chi connectivity index (χ3v) is 6.20. The molecule has 2 aromatic carbocycles. The highest BCUT2D eigenvalue weighted by atomic mass is 32.2. The molecule has 0 saturated carbocycles. The number of para-hydroxylation sites is 1. The highest BCUT2D eigenvalue weighted by Crippen LogP contribution is 2.41. The number of carboxylic acids is 1. The van der Waals surface area contributed by atoms with E-state index in [1.807, 2.05) is 6.92 Å². The van der Waals surface area contributed by atoms with Gasteiger partial charge in [0.1, 0.15) is 0 Å². The van der Waals surface area contributed by atoms with Crippen LogP contribution in [0.15, 0.2) is 53.4 Å². The third kappa shape index (κ3) is 2.38. The van der Waals surface area contributed by atoms with Gasteiger partial charge in [0, 0.05) is 11.1 Å². The Morgan fingerprint density at radius 2 is 1.85 bits per heavy atom. The molecule has 0 spiro atoms. The van der Waals surface area contributed by atoms with Crippen LogP contribution < -0.4 is 4.31 Å². The van der Waals surface area contributed by atoms with Crippen molar-refractivity contribution in [1.82, 2.24) is 10.2 Å². The van der Waals surface area contributed by atoms with E-state index in [9.17, 15) is 18.3 Å². The van der Waals surface area contributed by atoms with Gasteiger partial charge in [0.25, 0.3) is 10.0 Å². The standard InChI is InChI=1S/C18H15N3O4S/c1-11-6-8-12(9-7-11)26(24,25)21-10-14-16(19-20-17(14)18(22)23)13-4-2-3-5-15(13)21/h2-9H,10H2,1H3,(H,19,20)(H,22,23). The molecule has 132 valence electrons. The van der Waals surface area contributed by atoms with Gasteiger partial charge < -0.3 is 5.11 Å². The minimum absolute atomic E-state index is 0.0965. The first-order chi connectivity index (χ1) is 12.4. The highest BCUT2D eigenvalue weighted by Gasteiger charge is 2.35. The van der Waals surface area contributed by atoms with Gasteiger partial charge in [0.05, 0.1) is 22.8 Å². The number of carbonyl (C=O) groups is 1. The van der Waals surface area contributed by atoms with E-state index in [0.717, 1.165) is 5.56 Å². The van der Waals surface area contributed by atoms with Crippen LogP contribution in [0.25, 0.3) is 11.3 Å². The van der Waals surface area contributed by atoms with E-state index in [4.69, 9.17) is 0 Å². The number of benzene rings is 2. The summed E-state index contributed by atoms with van der Waals surface area (Å²) in [6.07, 6.45) is 0. The van der Waals surface area contributed by atoms with E-state index in [0.29, 0.717) is 22.5 Å². The van der Waals surface area contributed by atoms with Gasteiger partial charge in [0.2, 0.25) is 0 Å². The SMILES string of the molecule is Cc1ccc(S(=O)(=O)N2Cc3c(C(=O)O)n[nH]c3-c3ccccc32)cc1. The number of aryl methyl sites for hydroxylation is 1. The average molecular weight is 369 g/mol. The topological polar surface area (TPSA) is 103 Å². The lowest BCUT2D eigenvalue weighted by molar-refractivity contribution is 0.0689. The number of hydrogen-bond donors (Lipinski definition) is 2. The first-order valence-electron chi connectivity index (χ1n) is 7.89. The van der Waals surface area contributed by atoms with E-state index in [-0.39, 0.29) is 17.1 Å². The molecule has 0 aliphatic carbocycles. The fourth-order valence-electron chi connectivity index (χ4n) is 3.10. The van der Waals surface area contributed by atoms with Gasteiger partial charge in [0.15, 0.2) is 5.69 Å². The van der Waals surface area contributed by atoms with Crippen LogP contribution in [0, 0.1) is 6.92 Å². The fourth-order valence-corrected chi connectivity index (χ4v) is 4.55. The summed E-state index contributed by atoms with van der Waals surface area (Å²) in [5.74, 6) is -1.20. The molecule has 0 unspecified atom stereocenters. The van der Waals surface area contributed by atoms with Crippen molar-refractivity contribution in [2.75, 3.05) is 4.31 Å². The molecule has 7 nitrogen and oxygen atoms in total. The van der Waals surface area contributed by atoms with Crippen molar-refractivity contribution in [3.63, 3.8) is 0 Å². The quantitative estimate of drug-likeness (QED) is 0.739. The minimum Gasteiger partial charge on any atom is -0.476 e. The lowest BCUT2D eigenvalue weighted by Gasteiger charge is -2.30. The number of nitrogens with one attached hydrogen (secondary N) is 1. The molecule has 3 aromatic rings. The first-order valence-corrected chi connectivity index (χ1v) is 9.33. The molecular formula is C18H15N3O4S. The second-order valence-corrected chi connectivity index (χ2v) is 7.94. The lowest BCUT2D eigenvalue weighted by atomic mass is 10.00. The van der Waals surface area contributed by atoms with Crippen LogP contribution in [0.2, 0.25) is 0 Å². The summed E-state index contributed by atoms with van der Waals surface area (Å²) in [4.78, 5) is 11.6. The van der Waals surface area contributed by atoms with Crippen LogP contribution in [0.5, 0.6) is 0 Å². The highest BCUT2D eigenvalue weighted by molar-refractivity contribution is 7.92. The van der Waals surface area contributed by atoms with Gasteiger partial charge in [-0.25, -0.2) is 13.2 Å². The van der Waals surface area contributed by atoms with Crippen LogP contribution in [0.4, 0.5) is 5.69 Å². The molecule has 0 radical (unpaired) electrons. The van der Waals surface area contributed by atoms with E-state index in [1.165, 1.54) is 4.31 Å². The summed E-state index contributed by atoms with van der Waals surface area (Å²) in [5.41, 5.74) is 2.76. The number of rotatable bonds is 3. The summed E-state index contributed by atoms with van der Waals surface area (Å²) < 4.78 is 27.7. The van der Waals surface area contributed by atoms with Crippen LogP contribution >= 0.6 is 0 Å². The molecule has 0 fully saturated rings. The number of hydrogen-bond acceptors (Lipinski definition) is 4. The predicted octanol–water partition coefficient (Wildman–Crippen LogP) is 2.79. The van der Waals surface area contributed by atoms with Crippen molar-refractivity contribution in [1.29, 1.82) is 0 Å². The van der Waals surface area contributed by atoms with E-state index < -0.39 is 16.0 Å². The number of aromatic amines is 1. The van der Waals surface area contributed by atoms with Crippen LogP contribution in [0.1, 0.15) is 21.6 Å². The zero-order valence-corrected chi connectivity index (χ0v) is 14.6. The maximum absolute atomic E-state index is 13.2. The average Bonchev–Trinajstić information content (AvgIpc) is 3.06. The van der Waals surface area contributed by atoms with Gasteiger partial charge >= 0.3 is 5.97 Å². The Kier molecular flexibility index (Phi) is 3.58. The Morgan fingerprint density at radius 1 is 1.15 bits per heavy atom. The summed E-state index contributed by atoms with van der Waals surface area (Å²) in [6.45, 7) is 1.78. The van der Waals surface area contributed by atoms with Gasteiger partial charge in [-0.15, -0.1) is 0 Å². The molecule has 0 atom stereocenters. The summed E-state index contributed by atoms with van der Waals surface area (Å²) in [5, 5.41) is 15.9. The Morgan fingerprint density at radius 3 is 2.54 bits per heavy atom. The Balaban J connectivity index is 1.91. The van der Waals surface area contributed by atoms with E-state index >= 15 is 0 Å².